The Bertz CT molecular complexity index is 457. The van der Waals surface area contributed by atoms with Gasteiger partial charge in [-0.2, -0.15) is 0 Å². The standard InChI is InChI=1S/C17H26BrClN2O.ClH/c1-3-20-7-9-21(10-8-20)6-4-5-11-22-17-15(18)12-14(2)13-16(17)19;/h12-13H,3-11H2,1-2H3;1H. The van der Waals surface area contributed by atoms with Gasteiger partial charge in [-0.05, 0) is 66.5 Å². The van der Waals surface area contributed by atoms with Gasteiger partial charge in [-0.15, -0.1) is 12.4 Å². The molecule has 0 aliphatic carbocycles. The third-order valence-electron chi connectivity index (χ3n) is 4.17. The van der Waals surface area contributed by atoms with Crippen LogP contribution in [0.2, 0.25) is 5.02 Å². The molecule has 1 heterocycles. The minimum atomic E-state index is 0. The highest BCUT2D eigenvalue weighted by Crippen LogP contribution is 2.34. The van der Waals surface area contributed by atoms with Crippen LogP contribution >= 0.6 is 39.9 Å². The number of hydrogen-bond acceptors (Lipinski definition) is 3. The minimum Gasteiger partial charge on any atom is -0.491 e. The Kier molecular flexibility index (Phi) is 9.86. The van der Waals surface area contributed by atoms with Crippen molar-refractivity contribution in [2.75, 3.05) is 45.9 Å². The molecule has 1 saturated heterocycles. The van der Waals surface area contributed by atoms with E-state index in [1.54, 1.807) is 0 Å². The zero-order chi connectivity index (χ0) is 15.9. The van der Waals surface area contributed by atoms with Crippen LogP contribution in [0.1, 0.15) is 25.3 Å². The Hall–Kier alpha value is -0.0000000000000000555. The van der Waals surface area contributed by atoms with Crippen molar-refractivity contribution in [3.8, 4) is 5.75 Å². The lowest BCUT2D eigenvalue weighted by Gasteiger charge is -2.33. The Morgan fingerprint density at radius 3 is 2.39 bits per heavy atom. The van der Waals surface area contributed by atoms with Crippen LogP contribution in [0.5, 0.6) is 5.75 Å². The summed E-state index contributed by atoms with van der Waals surface area (Å²) in [4.78, 5) is 5.07. The van der Waals surface area contributed by atoms with Crippen LogP contribution in [-0.2, 0) is 0 Å². The van der Waals surface area contributed by atoms with Crippen molar-refractivity contribution in [1.29, 1.82) is 0 Å². The van der Waals surface area contributed by atoms with Crippen LogP contribution < -0.4 is 4.74 Å². The van der Waals surface area contributed by atoms with Crippen LogP contribution in [-0.4, -0.2) is 55.7 Å². The summed E-state index contributed by atoms with van der Waals surface area (Å²) in [6.45, 7) is 12.1. The van der Waals surface area contributed by atoms with Crippen LogP contribution in [0.3, 0.4) is 0 Å². The number of unbranched alkanes of at least 4 members (excludes halogenated alkanes) is 1. The van der Waals surface area contributed by atoms with E-state index < -0.39 is 0 Å². The maximum absolute atomic E-state index is 6.23. The maximum atomic E-state index is 6.23. The third kappa shape index (κ3) is 6.79. The highest BCUT2D eigenvalue weighted by molar-refractivity contribution is 9.10. The molecular weight excluding hydrogens is 399 g/mol. The molecule has 0 unspecified atom stereocenters. The number of piperazine rings is 1. The molecule has 0 radical (unpaired) electrons. The zero-order valence-electron chi connectivity index (χ0n) is 14.0. The van der Waals surface area contributed by atoms with E-state index in [4.69, 9.17) is 16.3 Å². The largest absolute Gasteiger partial charge is 0.491 e. The Labute approximate surface area is 159 Å². The van der Waals surface area contributed by atoms with E-state index in [2.05, 4.69) is 32.7 Å². The first-order valence-corrected chi connectivity index (χ1v) is 9.30. The minimum absolute atomic E-state index is 0. The number of nitrogens with zero attached hydrogens (tertiary/aromatic N) is 2. The molecule has 3 nitrogen and oxygen atoms in total. The molecule has 0 aromatic heterocycles. The monoisotopic (exact) mass is 424 g/mol. The number of ether oxygens (including phenoxy) is 1. The number of halogens is 3. The average molecular weight is 426 g/mol. The van der Waals surface area contributed by atoms with Gasteiger partial charge in [0.1, 0.15) is 0 Å². The molecule has 0 bridgehead atoms. The Morgan fingerprint density at radius 1 is 1.13 bits per heavy atom. The third-order valence-corrected chi connectivity index (χ3v) is 5.04. The predicted octanol–water partition coefficient (Wildman–Crippen LogP) is 4.63. The second-order valence-corrected chi connectivity index (χ2v) is 7.15. The summed E-state index contributed by atoms with van der Waals surface area (Å²) >= 11 is 9.75. The fraction of sp³-hybridized carbons (Fsp3) is 0.647. The van der Waals surface area contributed by atoms with Crippen molar-refractivity contribution in [3.63, 3.8) is 0 Å². The molecule has 132 valence electrons. The van der Waals surface area contributed by atoms with Crippen LogP contribution in [0.15, 0.2) is 16.6 Å². The summed E-state index contributed by atoms with van der Waals surface area (Å²) in [5.41, 5.74) is 1.13. The molecule has 0 N–H and O–H groups in total. The molecule has 0 atom stereocenters. The first-order chi connectivity index (χ1) is 10.6. The van der Waals surface area contributed by atoms with Gasteiger partial charge in [0.2, 0.25) is 0 Å². The van der Waals surface area contributed by atoms with Crippen LogP contribution in [0.4, 0.5) is 0 Å². The van der Waals surface area contributed by atoms with Crippen molar-refractivity contribution < 1.29 is 4.74 Å². The molecule has 1 aromatic rings. The summed E-state index contributed by atoms with van der Waals surface area (Å²) in [6.07, 6.45) is 2.23. The van der Waals surface area contributed by atoms with E-state index in [-0.39, 0.29) is 12.4 Å². The van der Waals surface area contributed by atoms with E-state index in [1.807, 2.05) is 19.1 Å². The number of aryl methyl sites for hydroxylation is 1. The number of likely N-dealkylation sites (N-methyl/N-ethyl adjacent to an activating group) is 1. The van der Waals surface area contributed by atoms with E-state index in [0.717, 1.165) is 28.8 Å². The molecule has 0 amide bonds. The summed E-state index contributed by atoms with van der Waals surface area (Å²) in [7, 11) is 0. The van der Waals surface area contributed by atoms with E-state index in [1.165, 1.54) is 45.7 Å². The van der Waals surface area contributed by atoms with Crippen molar-refractivity contribution in [3.05, 3.63) is 27.2 Å². The number of rotatable bonds is 7. The lowest BCUT2D eigenvalue weighted by atomic mass is 10.2. The van der Waals surface area contributed by atoms with Crippen LogP contribution in [0, 0.1) is 6.92 Å². The second-order valence-electron chi connectivity index (χ2n) is 5.89. The smallest absolute Gasteiger partial charge is 0.152 e. The fourth-order valence-electron chi connectivity index (χ4n) is 2.77. The second kappa shape index (κ2) is 10.8. The van der Waals surface area contributed by atoms with E-state index in [0.29, 0.717) is 5.02 Å². The van der Waals surface area contributed by atoms with Crippen LogP contribution in [0.25, 0.3) is 0 Å². The zero-order valence-corrected chi connectivity index (χ0v) is 17.1. The van der Waals surface area contributed by atoms with Gasteiger partial charge in [-0.3, -0.25) is 0 Å². The SMILES string of the molecule is CCN1CCN(CCCCOc2c(Cl)cc(C)cc2Br)CC1.Cl. The molecule has 2 rings (SSSR count). The maximum Gasteiger partial charge on any atom is 0.152 e. The summed E-state index contributed by atoms with van der Waals surface area (Å²) in [6, 6.07) is 3.98. The topological polar surface area (TPSA) is 15.7 Å². The lowest BCUT2D eigenvalue weighted by Crippen LogP contribution is -2.46. The predicted molar refractivity (Wildman–Crippen MR) is 104 cm³/mol. The van der Waals surface area contributed by atoms with E-state index in [9.17, 15) is 0 Å². The molecule has 6 heteroatoms. The van der Waals surface area contributed by atoms with Crippen molar-refractivity contribution in [2.24, 2.45) is 0 Å². The van der Waals surface area contributed by atoms with Crippen molar-refractivity contribution in [2.45, 2.75) is 26.7 Å². The summed E-state index contributed by atoms with van der Waals surface area (Å²) in [5, 5.41) is 0.683. The van der Waals surface area contributed by atoms with Gasteiger partial charge < -0.3 is 14.5 Å². The van der Waals surface area contributed by atoms with Gasteiger partial charge in [-0.25, -0.2) is 0 Å². The number of benzene rings is 1. The van der Waals surface area contributed by atoms with E-state index >= 15 is 0 Å². The quantitative estimate of drug-likeness (QED) is 0.592. The number of hydrogen-bond donors (Lipinski definition) is 0. The normalized spacial score (nSPS) is 16.2. The molecular formula is C17H27BrCl2N2O. The van der Waals surface area contributed by atoms with Gasteiger partial charge in [-0.1, -0.05) is 18.5 Å². The lowest BCUT2D eigenvalue weighted by molar-refractivity contribution is 0.134. The average Bonchev–Trinajstić information content (AvgIpc) is 2.49. The summed E-state index contributed by atoms with van der Waals surface area (Å²) in [5.74, 6) is 0.767. The molecule has 1 aliphatic rings. The van der Waals surface area contributed by atoms with Gasteiger partial charge in [0, 0.05) is 26.2 Å². The Balaban J connectivity index is 0.00000264. The Morgan fingerprint density at radius 2 is 1.78 bits per heavy atom. The highest BCUT2D eigenvalue weighted by atomic mass is 79.9. The van der Waals surface area contributed by atoms with Crippen molar-refractivity contribution >= 4 is 39.9 Å². The first-order valence-electron chi connectivity index (χ1n) is 8.13. The van der Waals surface area contributed by atoms with Crippen molar-refractivity contribution in [1.82, 2.24) is 9.80 Å². The summed E-state index contributed by atoms with van der Waals surface area (Å²) < 4.78 is 6.78. The highest BCUT2D eigenvalue weighted by Gasteiger charge is 2.14. The van der Waals surface area contributed by atoms with Gasteiger partial charge in [0.05, 0.1) is 16.1 Å². The fourth-order valence-corrected chi connectivity index (χ4v) is 3.90. The van der Waals surface area contributed by atoms with Gasteiger partial charge >= 0.3 is 0 Å². The molecule has 1 aromatic carbocycles. The molecule has 1 aliphatic heterocycles. The molecule has 0 saturated carbocycles. The molecule has 1 fully saturated rings. The first kappa shape index (κ1) is 21.0. The molecule has 0 spiro atoms. The van der Waals surface area contributed by atoms with Gasteiger partial charge in [0.15, 0.2) is 5.75 Å². The van der Waals surface area contributed by atoms with Gasteiger partial charge in [0.25, 0.3) is 0 Å². The molecule has 23 heavy (non-hydrogen) atoms.